The first-order valence-corrected chi connectivity index (χ1v) is 8.83. The van der Waals surface area contributed by atoms with E-state index in [1.807, 2.05) is 30.3 Å². The Morgan fingerprint density at radius 1 is 1.04 bits per heavy atom. The number of benzene rings is 2. The molecule has 2 N–H and O–H groups in total. The van der Waals surface area contributed by atoms with Crippen LogP contribution in [-0.2, 0) is 16.0 Å². The number of anilines is 2. The lowest BCUT2D eigenvalue weighted by Gasteiger charge is -2.07. The molecule has 4 rings (SSSR count). The smallest absolute Gasteiger partial charge is 0.248 e. The minimum absolute atomic E-state index is 0.0500. The molecule has 0 aromatic heterocycles. The minimum atomic E-state index is -0.215. The largest absolute Gasteiger partial charge is 0.493 e. The Bertz CT molecular complexity index is 885. The van der Waals surface area contributed by atoms with E-state index in [-0.39, 0.29) is 17.7 Å². The summed E-state index contributed by atoms with van der Waals surface area (Å²) < 4.78 is 5.48. The molecule has 0 atom stereocenters. The van der Waals surface area contributed by atoms with Gasteiger partial charge in [-0.1, -0.05) is 12.1 Å². The van der Waals surface area contributed by atoms with Gasteiger partial charge in [-0.05, 0) is 60.4 Å². The summed E-state index contributed by atoms with van der Waals surface area (Å²) in [7, 11) is 0. The summed E-state index contributed by atoms with van der Waals surface area (Å²) in [6.07, 6.45) is 6.12. The second kappa shape index (κ2) is 7.04. The molecule has 2 amide bonds. The average molecular weight is 348 g/mol. The highest BCUT2D eigenvalue weighted by Crippen LogP contribution is 2.30. The fraction of sp³-hybridized carbons (Fsp3) is 0.238. The molecule has 0 bridgehead atoms. The van der Waals surface area contributed by atoms with E-state index in [1.165, 1.54) is 11.6 Å². The van der Waals surface area contributed by atoms with E-state index >= 15 is 0 Å². The lowest BCUT2D eigenvalue weighted by atomic mass is 10.1. The zero-order valence-electron chi connectivity index (χ0n) is 14.3. The van der Waals surface area contributed by atoms with Crippen molar-refractivity contribution >= 4 is 29.3 Å². The first-order chi connectivity index (χ1) is 12.7. The van der Waals surface area contributed by atoms with E-state index in [9.17, 15) is 9.59 Å². The fourth-order valence-electron chi connectivity index (χ4n) is 2.93. The second-order valence-electron chi connectivity index (χ2n) is 6.63. The number of ether oxygens (including phenoxy) is 1. The summed E-state index contributed by atoms with van der Waals surface area (Å²) >= 11 is 0. The minimum Gasteiger partial charge on any atom is -0.493 e. The summed E-state index contributed by atoms with van der Waals surface area (Å²) in [6, 6.07) is 13.1. The molecule has 26 heavy (non-hydrogen) atoms. The summed E-state index contributed by atoms with van der Waals surface area (Å²) in [4.78, 5) is 24.0. The van der Waals surface area contributed by atoms with Crippen LogP contribution in [-0.4, -0.2) is 18.4 Å². The molecule has 5 nitrogen and oxygen atoms in total. The highest BCUT2D eigenvalue weighted by molar-refractivity contribution is 6.02. The van der Waals surface area contributed by atoms with Gasteiger partial charge in [0, 0.05) is 29.8 Å². The molecule has 0 unspecified atom stereocenters. The zero-order chi connectivity index (χ0) is 17.9. The van der Waals surface area contributed by atoms with Crippen LogP contribution >= 0.6 is 0 Å². The number of hydrogen-bond acceptors (Lipinski definition) is 3. The molecule has 2 aromatic rings. The van der Waals surface area contributed by atoms with Crippen molar-refractivity contribution in [1.29, 1.82) is 0 Å². The standard InChI is InChI=1S/C21H20N2O3/c24-20(9-5-14-4-8-19-16(12-14)10-11-26-19)22-17-2-1-3-18(13-17)23-21(25)15-6-7-15/h1-5,8-9,12-13,15H,6-7,10-11H2,(H,22,24)(H,23,25)/b9-5+. The van der Waals surface area contributed by atoms with Crippen LogP contribution in [0.2, 0.25) is 0 Å². The van der Waals surface area contributed by atoms with E-state index < -0.39 is 0 Å². The number of rotatable bonds is 5. The van der Waals surface area contributed by atoms with Crippen molar-refractivity contribution in [3.8, 4) is 5.75 Å². The summed E-state index contributed by atoms with van der Waals surface area (Å²) in [5.74, 6) is 0.909. The van der Waals surface area contributed by atoms with Gasteiger partial charge in [0.1, 0.15) is 5.75 Å². The average Bonchev–Trinajstić information content (AvgIpc) is 3.38. The zero-order valence-corrected chi connectivity index (χ0v) is 14.3. The van der Waals surface area contributed by atoms with Gasteiger partial charge in [0.25, 0.3) is 0 Å². The summed E-state index contributed by atoms with van der Waals surface area (Å²) in [5.41, 5.74) is 3.49. The molecule has 1 fully saturated rings. The van der Waals surface area contributed by atoms with Crippen molar-refractivity contribution in [2.75, 3.05) is 17.2 Å². The molecule has 132 valence electrons. The highest BCUT2D eigenvalue weighted by atomic mass is 16.5. The van der Waals surface area contributed by atoms with Gasteiger partial charge in [-0.25, -0.2) is 0 Å². The highest BCUT2D eigenvalue weighted by Gasteiger charge is 2.29. The number of amides is 2. The summed E-state index contributed by atoms with van der Waals surface area (Å²) in [5, 5.41) is 5.70. The number of hydrogen-bond donors (Lipinski definition) is 2. The molecule has 5 heteroatoms. The van der Waals surface area contributed by atoms with Gasteiger partial charge in [-0.15, -0.1) is 0 Å². The van der Waals surface area contributed by atoms with Crippen molar-refractivity contribution in [1.82, 2.24) is 0 Å². The molecule has 1 heterocycles. The first-order valence-electron chi connectivity index (χ1n) is 8.83. The Morgan fingerprint density at radius 3 is 2.65 bits per heavy atom. The van der Waals surface area contributed by atoms with Crippen LogP contribution in [0.25, 0.3) is 6.08 Å². The van der Waals surface area contributed by atoms with E-state index in [0.29, 0.717) is 11.4 Å². The van der Waals surface area contributed by atoms with Crippen LogP contribution in [0.1, 0.15) is 24.0 Å². The predicted molar refractivity (Wildman–Crippen MR) is 101 cm³/mol. The molecule has 2 aromatic carbocycles. The van der Waals surface area contributed by atoms with Gasteiger partial charge in [0.2, 0.25) is 11.8 Å². The van der Waals surface area contributed by atoms with Crippen LogP contribution in [0.3, 0.4) is 0 Å². The topological polar surface area (TPSA) is 67.4 Å². The third-order valence-corrected chi connectivity index (χ3v) is 4.49. The molecule has 0 spiro atoms. The quantitative estimate of drug-likeness (QED) is 0.811. The lowest BCUT2D eigenvalue weighted by molar-refractivity contribution is -0.117. The first kappa shape index (κ1) is 16.4. The molecule has 2 aliphatic rings. The maximum Gasteiger partial charge on any atom is 0.248 e. The monoisotopic (exact) mass is 348 g/mol. The Balaban J connectivity index is 1.37. The number of fused-ring (bicyclic) bond motifs is 1. The van der Waals surface area contributed by atoms with Gasteiger partial charge in [-0.2, -0.15) is 0 Å². The van der Waals surface area contributed by atoms with Crippen LogP contribution in [0.4, 0.5) is 11.4 Å². The van der Waals surface area contributed by atoms with Crippen LogP contribution in [0.15, 0.2) is 48.5 Å². The maximum absolute atomic E-state index is 12.2. The van der Waals surface area contributed by atoms with E-state index in [0.717, 1.165) is 37.2 Å². The SMILES string of the molecule is O=C(/C=C/c1ccc2c(c1)CCO2)Nc1cccc(NC(=O)C2CC2)c1. The number of carbonyl (C=O) groups is 2. The third kappa shape index (κ3) is 3.94. The van der Waals surface area contributed by atoms with E-state index in [1.54, 1.807) is 18.2 Å². The van der Waals surface area contributed by atoms with Gasteiger partial charge in [0.15, 0.2) is 0 Å². The molecular weight excluding hydrogens is 328 g/mol. The Morgan fingerprint density at radius 2 is 1.85 bits per heavy atom. The maximum atomic E-state index is 12.2. The van der Waals surface area contributed by atoms with Gasteiger partial charge in [0.05, 0.1) is 6.61 Å². The Hall–Kier alpha value is -3.08. The normalized spacial score (nSPS) is 15.4. The molecule has 0 saturated heterocycles. The molecule has 0 radical (unpaired) electrons. The number of nitrogens with one attached hydrogen (secondary N) is 2. The Labute approximate surface area is 152 Å². The molecular formula is C21H20N2O3. The van der Waals surface area contributed by atoms with Gasteiger partial charge in [-0.3, -0.25) is 9.59 Å². The van der Waals surface area contributed by atoms with Crippen molar-refractivity contribution in [3.63, 3.8) is 0 Å². The summed E-state index contributed by atoms with van der Waals surface area (Å²) in [6.45, 7) is 0.719. The van der Waals surface area contributed by atoms with Crippen molar-refractivity contribution in [2.24, 2.45) is 5.92 Å². The number of carbonyl (C=O) groups excluding carboxylic acids is 2. The van der Waals surface area contributed by atoms with E-state index in [4.69, 9.17) is 4.74 Å². The van der Waals surface area contributed by atoms with Crippen molar-refractivity contribution in [3.05, 3.63) is 59.7 Å². The lowest BCUT2D eigenvalue weighted by Crippen LogP contribution is -2.14. The van der Waals surface area contributed by atoms with Gasteiger partial charge < -0.3 is 15.4 Å². The van der Waals surface area contributed by atoms with Crippen molar-refractivity contribution in [2.45, 2.75) is 19.3 Å². The molecule has 1 saturated carbocycles. The molecule has 1 aliphatic heterocycles. The molecule has 1 aliphatic carbocycles. The predicted octanol–water partition coefficient (Wildman–Crippen LogP) is 3.62. The van der Waals surface area contributed by atoms with Crippen molar-refractivity contribution < 1.29 is 14.3 Å². The van der Waals surface area contributed by atoms with E-state index in [2.05, 4.69) is 10.6 Å². The second-order valence-corrected chi connectivity index (χ2v) is 6.63. The third-order valence-electron chi connectivity index (χ3n) is 4.49. The van der Waals surface area contributed by atoms with Gasteiger partial charge >= 0.3 is 0 Å². The van der Waals surface area contributed by atoms with Crippen LogP contribution in [0.5, 0.6) is 5.75 Å². The van der Waals surface area contributed by atoms with Crippen LogP contribution < -0.4 is 15.4 Å². The van der Waals surface area contributed by atoms with Crippen LogP contribution in [0, 0.1) is 5.92 Å². The Kier molecular flexibility index (Phi) is 4.44. The fourth-order valence-corrected chi connectivity index (χ4v) is 2.93.